The molecule has 1 aliphatic heterocycles. The van der Waals surface area contributed by atoms with Gasteiger partial charge in [0, 0.05) is 31.6 Å². The highest BCUT2D eigenvalue weighted by atomic mass is 16.2. The summed E-state index contributed by atoms with van der Waals surface area (Å²) in [7, 11) is 4.09. The van der Waals surface area contributed by atoms with E-state index >= 15 is 0 Å². The molecule has 6 atom stereocenters. The van der Waals surface area contributed by atoms with Crippen molar-refractivity contribution in [2.24, 2.45) is 35.5 Å². The van der Waals surface area contributed by atoms with Gasteiger partial charge in [0.1, 0.15) is 0 Å². The van der Waals surface area contributed by atoms with E-state index in [4.69, 9.17) is 0 Å². The Hall–Kier alpha value is -3.14. The van der Waals surface area contributed by atoms with Gasteiger partial charge in [0.2, 0.25) is 11.8 Å². The number of fused-ring (bicyclic) bond motifs is 11. The molecule has 4 aliphatic carbocycles. The first-order chi connectivity index (χ1) is 16.0. The molecule has 0 radical (unpaired) electrons. The van der Waals surface area contributed by atoms with E-state index in [1.54, 1.807) is 11.1 Å². The van der Waals surface area contributed by atoms with Crippen molar-refractivity contribution in [1.29, 1.82) is 0 Å². The Morgan fingerprint density at radius 2 is 1.39 bits per heavy atom. The summed E-state index contributed by atoms with van der Waals surface area (Å²) in [5.41, 5.74) is 7.48. The molecule has 0 aromatic heterocycles. The normalized spacial score (nSPS) is 33.3. The Kier molecular flexibility index (Phi) is 3.92. The number of anilines is 2. The van der Waals surface area contributed by atoms with Crippen LogP contribution in [0.15, 0.2) is 71.3 Å². The van der Waals surface area contributed by atoms with Gasteiger partial charge in [-0.2, -0.15) is 0 Å². The number of benzene rings is 2. The summed E-state index contributed by atoms with van der Waals surface area (Å²) in [6.07, 6.45) is 6.05. The number of nitrogens with zero attached hydrogens (tertiary/aromatic N) is 2. The lowest BCUT2D eigenvalue weighted by Crippen LogP contribution is -2.33. The second-order valence-corrected chi connectivity index (χ2v) is 10.6. The standard InChI is InChI=1S/C29H28N2O2/c1-30(2)19-12-8-16(9-13-19)14-21-24-22-17-10-11-18(15-17)23(22)25(21)27-26(24)28(32)31(29(27)33)20-6-4-3-5-7-20/h3-9,12-14,17-18,24-27H,10-11,15H2,1-2H3/t17-,18-,24-,25-,26-,27-/m0/s1. The molecule has 2 aromatic rings. The maximum Gasteiger partial charge on any atom is 0.238 e. The summed E-state index contributed by atoms with van der Waals surface area (Å²) in [6, 6.07) is 18.1. The van der Waals surface area contributed by atoms with E-state index in [9.17, 15) is 9.59 Å². The molecule has 2 saturated carbocycles. The Morgan fingerprint density at radius 1 is 0.818 bits per heavy atom. The average molecular weight is 437 g/mol. The zero-order valence-electron chi connectivity index (χ0n) is 19.1. The van der Waals surface area contributed by atoms with Crippen LogP contribution in [0.25, 0.3) is 6.08 Å². The summed E-state index contributed by atoms with van der Waals surface area (Å²) in [5, 5.41) is 0. The van der Waals surface area contributed by atoms with Gasteiger partial charge in [0.25, 0.3) is 0 Å². The molecule has 0 N–H and O–H groups in total. The molecule has 4 bridgehead atoms. The second kappa shape index (κ2) is 6.69. The van der Waals surface area contributed by atoms with Crippen LogP contribution in [0.4, 0.5) is 11.4 Å². The largest absolute Gasteiger partial charge is 0.378 e. The zero-order chi connectivity index (χ0) is 22.4. The minimum Gasteiger partial charge on any atom is -0.378 e. The van der Waals surface area contributed by atoms with Crippen molar-refractivity contribution in [2.75, 3.05) is 23.9 Å². The van der Waals surface area contributed by atoms with Gasteiger partial charge in [0.15, 0.2) is 0 Å². The number of amides is 2. The fourth-order valence-corrected chi connectivity index (χ4v) is 7.73. The van der Waals surface area contributed by atoms with Crippen LogP contribution < -0.4 is 9.80 Å². The molecule has 0 spiro atoms. The molecule has 2 amide bonds. The summed E-state index contributed by atoms with van der Waals surface area (Å²) < 4.78 is 0. The van der Waals surface area contributed by atoms with Gasteiger partial charge in [0.05, 0.1) is 17.5 Å². The molecule has 1 saturated heterocycles. The van der Waals surface area contributed by atoms with Crippen LogP contribution in [-0.2, 0) is 9.59 Å². The van der Waals surface area contributed by atoms with E-state index in [0.717, 1.165) is 0 Å². The summed E-state index contributed by atoms with van der Waals surface area (Å²) in [5.74, 6) is 1.02. The summed E-state index contributed by atoms with van der Waals surface area (Å²) >= 11 is 0. The molecular weight excluding hydrogens is 408 g/mol. The molecule has 1 heterocycles. The first-order valence-corrected chi connectivity index (χ1v) is 12.2. The Bertz CT molecular complexity index is 1190. The van der Waals surface area contributed by atoms with E-state index in [2.05, 4.69) is 35.2 Å². The monoisotopic (exact) mass is 436 g/mol. The van der Waals surface area contributed by atoms with Crippen molar-refractivity contribution in [3.05, 3.63) is 76.9 Å². The van der Waals surface area contributed by atoms with Crippen LogP contribution in [0.3, 0.4) is 0 Å². The van der Waals surface area contributed by atoms with Crippen LogP contribution in [0.1, 0.15) is 24.8 Å². The van der Waals surface area contributed by atoms with Crippen molar-refractivity contribution in [2.45, 2.75) is 19.3 Å². The molecule has 5 aliphatic rings. The number of carbonyl (C=O) groups excluding carboxylic acids is 2. The lowest BCUT2D eigenvalue weighted by atomic mass is 9.72. The maximum absolute atomic E-state index is 13.7. The second-order valence-electron chi connectivity index (χ2n) is 10.6. The topological polar surface area (TPSA) is 40.6 Å². The van der Waals surface area contributed by atoms with Gasteiger partial charge in [-0.25, -0.2) is 4.90 Å². The number of para-hydroxylation sites is 1. The summed E-state index contributed by atoms with van der Waals surface area (Å²) in [4.78, 5) is 31.1. The molecule has 7 rings (SSSR count). The number of carbonyl (C=O) groups is 2. The molecule has 4 nitrogen and oxygen atoms in total. The van der Waals surface area contributed by atoms with Gasteiger partial charge in [-0.1, -0.05) is 53.1 Å². The quantitative estimate of drug-likeness (QED) is 0.389. The Morgan fingerprint density at radius 3 is 1.94 bits per heavy atom. The average Bonchev–Trinajstić information content (AvgIpc) is 3.61. The van der Waals surface area contributed by atoms with E-state index in [0.29, 0.717) is 17.5 Å². The molecule has 3 fully saturated rings. The molecule has 33 heavy (non-hydrogen) atoms. The van der Waals surface area contributed by atoms with Gasteiger partial charge in [-0.3, -0.25) is 9.59 Å². The lowest BCUT2D eigenvalue weighted by molar-refractivity contribution is -0.123. The minimum atomic E-state index is -0.229. The highest BCUT2D eigenvalue weighted by Crippen LogP contribution is 2.70. The number of imide groups is 1. The molecule has 2 aromatic carbocycles. The Labute approximate surface area is 194 Å². The van der Waals surface area contributed by atoms with E-state index in [-0.39, 0.29) is 35.5 Å². The fourth-order valence-electron chi connectivity index (χ4n) is 7.73. The van der Waals surface area contributed by atoms with Crippen LogP contribution >= 0.6 is 0 Å². The van der Waals surface area contributed by atoms with Crippen LogP contribution in [0, 0.1) is 35.5 Å². The number of hydrogen-bond donors (Lipinski definition) is 0. The molecule has 166 valence electrons. The van der Waals surface area contributed by atoms with Gasteiger partial charge in [-0.15, -0.1) is 0 Å². The SMILES string of the molecule is CN(C)c1ccc(C=C2[C@H]3C4=C([C@H]5CC[C@H]4C5)[C@H]2[C@@H]2C(=O)N(c4ccccc4)C(=O)[C@@H]32)cc1. The molecule has 0 unspecified atom stereocenters. The maximum atomic E-state index is 13.7. The first kappa shape index (κ1) is 19.3. The van der Waals surface area contributed by atoms with Crippen molar-refractivity contribution in [3.8, 4) is 0 Å². The highest BCUT2D eigenvalue weighted by molar-refractivity contribution is 6.23. The third kappa shape index (κ3) is 2.47. The lowest BCUT2D eigenvalue weighted by Gasteiger charge is -2.28. The van der Waals surface area contributed by atoms with E-state index in [1.165, 1.54) is 41.0 Å². The smallest absolute Gasteiger partial charge is 0.238 e. The van der Waals surface area contributed by atoms with Crippen molar-refractivity contribution in [1.82, 2.24) is 0 Å². The molecular formula is C29H28N2O2. The van der Waals surface area contributed by atoms with Gasteiger partial charge in [-0.05, 0) is 60.9 Å². The van der Waals surface area contributed by atoms with Crippen molar-refractivity contribution in [3.63, 3.8) is 0 Å². The predicted molar refractivity (Wildman–Crippen MR) is 129 cm³/mol. The van der Waals surface area contributed by atoms with E-state index in [1.807, 2.05) is 44.4 Å². The fraction of sp³-hybridized carbons (Fsp3) is 0.379. The van der Waals surface area contributed by atoms with Gasteiger partial charge >= 0.3 is 0 Å². The number of allylic oxidation sites excluding steroid dienone is 3. The number of rotatable bonds is 3. The van der Waals surface area contributed by atoms with Gasteiger partial charge < -0.3 is 4.90 Å². The first-order valence-electron chi connectivity index (χ1n) is 12.2. The third-order valence-corrected chi connectivity index (χ3v) is 8.91. The molecule has 4 heteroatoms. The predicted octanol–water partition coefficient (Wildman–Crippen LogP) is 4.93. The van der Waals surface area contributed by atoms with Crippen LogP contribution in [0.2, 0.25) is 0 Å². The van der Waals surface area contributed by atoms with Crippen molar-refractivity contribution >= 4 is 29.3 Å². The van der Waals surface area contributed by atoms with Crippen LogP contribution in [-0.4, -0.2) is 25.9 Å². The summed E-state index contributed by atoms with van der Waals surface area (Å²) in [6.45, 7) is 0. The highest BCUT2D eigenvalue weighted by Gasteiger charge is 2.69. The van der Waals surface area contributed by atoms with E-state index < -0.39 is 0 Å². The van der Waals surface area contributed by atoms with Crippen LogP contribution in [0.5, 0.6) is 0 Å². The van der Waals surface area contributed by atoms with Crippen molar-refractivity contribution < 1.29 is 9.59 Å². The Balaban J connectivity index is 1.33. The number of hydrogen-bond acceptors (Lipinski definition) is 3. The minimum absolute atomic E-state index is 0.00637. The third-order valence-electron chi connectivity index (χ3n) is 8.91. The zero-order valence-corrected chi connectivity index (χ0v) is 19.1.